The molecule has 0 radical (unpaired) electrons. The normalized spacial score (nSPS) is 25.3. The lowest BCUT2D eigenvalue weighted by atomic mass is 9.78. The molecule has 3 N–H and O–H groups in total. The first-order chi connectivity index (χ1) is 18.5. The molecule has 2 aromatic rings. The molecule has 1 spiro atoms. The first-order valence-corrected chi connectivity index (χ1v) is 12.6. The number of hydrogen-bond acceptors (Lipinski definition) is 9. The van der Waals surface area contributed by atoms with Crippen molar-refractivity contribution in [1.29, 1.82) is 0 Å². The van der Waals surface area contributed by atoms with Gasteiger partial charge in [-0.1, -0.05) is 0 Å². The summed E-state index contributed by atoms with van der Waals surface area (Å²) in [6.07, 6.45) is -2.12. The maximum absolute atomic E-state index is 13.3. The average Bonchev–Trinajstić information content (AvgIpc) is 3.38. The van der Waals surface area contributed by atoms with Crippen molar-refractivity contribution in [3.8, 4) is 0 Å². The zero-order chi connectivity index (χ0) is 29.7. The summed E-state index contributed by atoms with van der Waals surface area (Å²) in [7, 11) is 1.59. The van der Waals surface area contributed by atoms with Crippen molar-refractivity contribution in [3.05, 3.63) is 41.6 Å². The van der Waals surface area contributed by atoms with E-state index in [1.807, 2.05) is 0 Å². The Bertz CT molecular complexity index is 1410. The van der Waals surface area contributed by atoms with Gasteiger partial charge in [0.2, 0.25) is 0 Å². The van der Waals surface area contributed by atoms with Crippen LogP contribution in [0.5, 0.6) is 0 Å². The molecule has 2 aliphatic rings. The molecule has 14 heteroatoms. The number of nitrogens with zero attached hydrogens (tertiary/aromatic N) is 4. The molecule has 1 aliphatic heterocycles. The standard InChI is InChI=1S/C26H31F3N6O5/c1-15(18-21(37)33-25(34(18)5)9-7-24(39,8-10-25)26(27,28)29)12-16(13-36)32-19-17-6-11-35(20(17)31-14-30-19)22(38)40-23(2,3)4/h6,11-14,39H,7-10H2,1-5H3,(H,33,37)(H,30,31,32)/b16-12+,18-15-. The summed E-state index contributed by atoms with van der Waals surface area (Å²) in [5, 5.41) is 16.2. The van der Waals surface area contributed by atoms with E-state index in [0.29, 0.717) is 17.2 Å². The number of ether oxygens (including phenoxy) is 1. The molecule has 2 aromatic heterocycles. The van der Waals surface area contributed by atoms with E-state index < -0.39 is 47.9 Å². The first-order valence-electron chi connectivity index (χ1n) is 12.6. The first kappa shape index (κ1) is 29.1. The SMILES string of the molecule is CC(/C=C(\C=O)Nc1ncnc2c1ccn2C(=O)OC(C)(C)C)=C1\C(=O)NC2(CCC(O)(C(F)(F)F)CC2)N1C. The van der Waals surface area contributed by atoms with E-state index in [1.165, 1.54) is 23.2 Å². The second-order valence-electron chi connectivity index (χ2n) is 11.1. The van der Waals surface area contributed by atoms with Gasteiger partial charge in [-0.2, -0.15) is 13.2 Å². The minimum absolute atomic E-state index is 0.0345. The third kappa shape index (κ3) is 5.27. The molecule has 1 aliphatic carbocycles. The number of carbonyl (C=O) groups excluding carboxylic acids is 3. The summed E-state index contributed by atoms with van der Waals surface area (Å²) in [6, 6.07) is 1.59. The van der Waals surface area contributed by atoms with E-state index in [9.17, 15) is 32.7 Å². The van der Waals surface area contributed by atoms with Crippen LogP contribution in [0.1, 0.15) is 53.4 Å². The number of hydrogen-bond donors (Lipinski definition) is 3. The van der Waals surface area contributed by atoms with Gasteiger partial charge in [-0.15, -0.1) is 0 Å². The Hall–Kier alpha value is -3.94. The van der Waals surface area contributed by atoms with Crippen molar-refractivity contribution in [1.82, 2.24) is 24.8 Å². The van der Waals surface area contributed by atoms with Crippen LogP contribution in [0, 0.1) is 0 Å². The van der Waals surface area contributed by atoms with Gasteiger partial charge in [0, 0.05) is 13.2 Å². The second-order valence-corrected chi connectivity index (χ2v) is 11.1. The van der Waals surface area contributed by atoms with Gasteiger partial charge < -0.3 is 25.4 Å². The number of likely N-dealkylation sites (N-methyl/N-ethyl adjacent to an activating group) is 1. The summed E-state index contributed by atoms with van der Waals surface area (Å²) in [5.74, 6) is -0.277. The van der Waals surface area contributed by atoms with Crippen LogP contribution in [0.3, 0.4) is 0 Å². The van der Waals surface area contributed by atoms with Gasteiger partial charge in [0.15, 0.2) is 17.5 Å². The van der Waals surface area contributed by atoms with Gasteiger partial charge in [-0.05, 0) is 71.1 Å². The van der Waals surface area contributed by atoms with Crippen molar-refractivity contribution >= 4 is 35.1 Å². The molecule has 216 valence electrons. The summed E-state index contributed by atoms with van der Waals surface area (Å²) in [6.45, 7) is 6.80. The zero-order valence-electron chi connectivity index (χ0n) is 22.7. The van der Waals surface area contributed by atoms with Crippen molar-refractivity contribution in [3.63, 3.8) is 0 Å². The molecule has 40 heavy (non-hydrogen) atoms. The fourth-order valence-electron chi connectivity index (χ4n) is 5.03. The fraction of sp³-hybridized carbons (Fsp3) is 0.500. The number of carbonyl (C=O) groups is 3. The highest BCUT2D eigenvalue weighted by molar-refractivity contribution is 5.98. The highest BCUT2D eigenvalue weighted by Gasteiger charge is 2.60. The Morgan fingerprint density at radius 1 is 1.20 bits per heavy atom. The molecule has 11 nitrogen and oxygen atoms in total. The Balaban J connectivity index is 1.59. The van der Waals surface area contributed by atoms with Gasteiger partial charge in [-0.3, -0.25) is 9.59 Å². The summed E-state index contributed by atoms with van der Waals surface area (Å²) in [4.78, 5) is 47.3. The van der Waals surface area contributed by atoms with Gasteiger partial charge >= 0.3 is 12.3 Å². The number of nitrogens with one attached hydrogen (secondary N) is 2. The number of aliphatic hydroxyl groups is 1. The average molecular weight is 565 g/mol. The number of halogens is 3. The van der Waals surface area contributed by atoms with Gasteiger partial charge in [0.25, 0.3) is 5.91 Å². The largest absolute Gasteiger partial charge is 0.443 e. The van der Waals surface area contributed by atoms with Crippen LogP contribution in [0.25, 0.3) is 11.0 Å². The van der Waals surface area contributed by atoms with Gasteiger partial charge in [0.05, 0.1) is 11.1 Å². The Morgan fingerprint density at radius 2 is 1.85 bits per heavy atom. The molecule has 4 rings (SSSR count). The van der Waals surface area contributed by atoms with E-state index in [2.05, 4.69) is 20.6 Å². The quantitative estimate of drug-likeness (QED) is 0.376. The molecule has 1 saturated carbocycles. The molecular weight excluding hydrogens is 533 g/mol. The lowest BCUT2D eigenvalue weighted by Crippen LogP contribution is -2.59. The van der Waals surface area contributed by atoms with E-state index in [4.69, 9.17) is 4.74 Å². The Morgan fingerprint density at radius 3 is 2.42 bits per heavy atom. The van der Waals surface area contributed by atoms with Crippen LogP contribution in [-0.4, -0.2) is 72.9 Å². The monoisotopic (exact) mass is 564 g/mol. The fourth-order valence-corrected chi connectivity index (χ4v) is 5.03. The van der Waals surface area contributed by atoms with Crippen molar-refractivity contribution < 1.29 is 37.4 Å². The number of aldehydes is 1. The van der Waals surface area contributed by atoms with Crippen LogP contribution in [0.15, 0.2) is 41.6 Å². The van der Waals surface area contributed by atoms with E-state index in [-0.39, 0.29) is 35.7 Å². The molecule has 2 fully saturated rings. The maximum atomic E-state index is 13.3. The maximum Gasteiger partial charge on any atom is 0.420 e. The van der Waals surface area contributed by atoms with E-state index >= 15 is 0 Å². The highest BCUT2D eigenvalue weighted by Crippen LogP contribution is 2.47. The van der Waals surface area contributed by atoms with Crippen molar-refractivity contribution in [2.24, 2.45) is 0 Å². The smallest absolute Gasteiger partial charge is 0.420 e. The number of alkyl halides is 3. The summed E-state index contributed by atoms with van der Waals surface area (Å²) in [5.41, 5.74) is -3.77. The number of fused-ring (bicyclic) bond motifs is 1. The van der Waals surface area contributed by atoms with E-state index in [1.54, 1.807) is 45.7 Å². The predicted molar refractivity (Wildman–Crippen MR) is 138 cm³/mol. The number of aromatic nitrogens is 3. The zero-order valence-corrected chi connectivity index (χ0v) is 22.7. The number of anilines is 1. The minimum Gasteiger partial charge on any atom is -0.443 e. The van der Waals surface area contributed by atoms with Crippen LogP contribution in [-0.2, 0) is 14.3 Å². The molecule has 0 aromatic carbocycles. The lowest BCUT2D eigenvalue weighted by Gasteiger charge is -2.45. The third-order valence-electron chi connectivity index (χ3n) is 7.18. The molecule has 3 heterocycles. The molecule has 0 atom stereocenters. The third-order valence-corrected chi connectivity index (χ3v) is 7.18. The van der Waals surface area contributed by atoms with Crippen LogP contribution in [0.2, 0.25) is 0 Å². The van der Waals surface area contributed by atoms with Gasteiger partial charge in [0.1, 0.15) is 29.1 Å². The summed E-state index contributed by atoms with van der Waals surface area (Å²) < 4.78 is 46.5. The number of allylic oxidation sites excluding steroid dienone is 3. The van der Waals surface area contributed by atoms with Gasteiger partial charge in [-0.25, -0.2) is 19.3 Å². The Kier molecular flexibility index (Phi) is 7.20. The predicted octanol–water partition coefficient (Wildman–Crippen LogP) is 3.61. The number of rotatable bonds is 4. The number of amides is 1. The summed E-state index contributed by atoms with van der Waals surface area (Å²) >= 11 is 0. The topological polar surface area (TPSA) is 139 Å². The van der Waals surface area contributed by atoms with Crippen molar-refractivity contribution in [2.45, 2.75) is 76.4 Å². The van der Waals surface area contributed by atoms with Crippen LogP contribution < -0.4 is 10.6 Å². The van der Waals surface area contributed by atoms with Crippen molar-refractivity contribution in [2.75, 3.05) is 12.4 Å². The minimum atomic E-state index is -4.77. The van der Waals surface area contributed by atoms with Crippen LogP contribution in [0.4, 0.5) is 23.8 Å². The molecule has 1 amide bonds. The van der Waals surface area contributed by atoms with Crippen LogP contribution >= 0.6 is 0 Å². The highest BCUT2D eigenvalue weighted by atomic mass is 19.4. The molecule has 0 bridgehead atoms. The molecular formula is C26H31F3N6O5. The van der Waals surface area contributed by atoms with E-state index in [0.717, 1.165) is 0 Å². The lowest BCUT2D eigenvalue weighted by molar-refractivity contribution is -0.275. The molecule has 1 saturated heterocycles. The molecule has 0 unspecified atom stereocenters. The second kappa shape index (κ2) is 9.91. The Labute approximate surface area is 228 Å².